The van der Waals surface area contributed by atoms with E-state index >= 15 is 0 Å². The average Bonchev–Trinajstić information content (AvgIpc) is 3.14. The predicted octanol–water partition coefficient (Wildman–Crippen LogP) is 3.03. The van der Waals surface area contributed by atoms with Crippen LogP contribution in [-0.2, 0) is 25.9 Å². The van der Waals surface area contributed by atoms with Crippen molar-refractivity contribution in [2.75, 3.05) is 5.32 Å². The fraction of sp³-hybridized carbons (Fsp3) is 0.278. The number of amides is 1. The van der Waals surface area contributed by atoms with Gasteiger partial charge in [0, 0.05) is 24.3 Å². The number of aryl methyl sites for hydroxylation is 2. The number of anilines is 1. The van der Waals surface area contributed by atoms with Crippen LogP contribution in [0.4, 0.5) is 5.69 Å². The van der Waals surface area contributed by atoms with Gasteiger partial charge in [0.1, 0.15) is 0 Å². The molecule has 0 unspecified atom stereocenters. The number of nitrogens with one attached hydrogen (secondary N) is 2. The Balaban J connectivity index is 1.55. The number of carbonyl (C=O) groups is 1. The smallest absolute Gasteiger partial charge is 0.255 e. The molecule has 1 heterocycles. The molecule has 2 N–H and O–H groups in total. The van der Waals surface area contributed by atoms with Crippen molar-refractivity contribution in [1.29, 1.82) is 0 Å². The molecule has 0 fully saturated rings. The van der Waals surface area contributed by atoms with E-state index in [1.807, 2.05) is 18.2 Å². The molecule has 1 aliphatic carbocycles. The molecule has 0 saturated heterocycles. The molecular weight excluding hydrogens is 260 g/mol. The van der Waals surface area contributed by atoms with Gasteiger partial charge in [-0.3, -0.25) is 4.79 Å². The third kappa shape index (κ3) is 2.34. The Bertz CT molecular complexity index is 721. The molecule has 0 bridgehead atoms. The number of rotatable bonds is 2. The maximum atomic E-state index is 12.4. The molecule has 2 aliphatic rings. The summed E-state index contributed by atoms with van der Waals surface area (Å²) < 4.78 is 0. The molecule has 3 nitrogen and oxygen atoms in total. The summed E-state index contributed by atoms with van der Waals surface area (Å²) in [6.45, 7) is 1.81. The number of carbonyl (C=O) groups excluding carboxylic acids is 1. The molecule has 0 aromatic heterocycles. The van der Waals surface area contributed by atoms with E-state index in [4.69, 9.17) is 0 Å². The molecule has 0 spiro atoms. The van der Waals surface area contributed by atoms with Crippen LogP contribution in [0.3, 0.4) is 0 Å². The fourth-order valence-electron chi connectivity index (χ4n) is 3.29. The van der Waals surface area contributed by atoms with Crippen LogP contribution in [-0.4, -0.2) is 5.91 Å². The minimum Gasteiger partial charge on any atom is -0.322 e. The van der Waals surface area contributed by atoms with Crippen molar-refractivity contribution in [3.8, 4) is 0 Å². The first kappa shape index (κ1) is 12.6. The SMILES string of the molecule is O=C(Nc1ccc2c(c1)CNC2)c1ccc2c(c1)CCC2. The van der Waals surface area contributed by atoms with E-state index in [2.05, 4.69) is 28.8 Å². The molecule has 106 valence electrons. The number of benzene rings is 2. The minimum atomic E-state index is -0.0180. The van der Waals surface area contributed by atoms with E-state index in [0.717, 1.165) is 37.2 Å². The van der Waals surface area contributed by atoms with Crippen molar-refractivity contribution in [3.05, 3.63) is 64.2 Å². The van der Waals surface area contributed by atoms with Crippen LogP contribution in [0.15, 0.2) is 36.4 Å². The molecule has 2 aromatic carbocycles. The van der Waals surface area contributed by atoms with E-state index in [0.29, 0.717) is 0 Å². The van der Waals surface area contributed by atoms with Crippen molar-refractivity contribution < 1.29 is 4.79 Å². The average molecular weight is 278 g/mol. The minimum absolute atomic E-state index is 0.0180. The quantitative estimate of drug-likeness (QED) is 0.886. The van der Waals surface area contributed by atoms with Crippen molar-refractivity contribution >= 4 is 11.6 Å². The second-order valence-corrected chi connectivity index (χ2v) is 5.88. The predicted molar refractivity (Wildman–Crippen MR) is 83.4 cm³/mol. The van der Waals surface area contributed by atoms with Crippen molar-refractivity contribution in [2.45, 2.75) is 32.4 Å². The van der Waals surface area contributed by atoms with Crippen molar-refractivity contribution in [3.63, 3.8) is 0 Å². The molecule has 1 amide bonds. The monoisotopic (exact) mass is 278 g/mol. The third-order valence-corrected chi connectivity index (χ3v) is 4.46. The Labute approximate surface area is 124 Å². The first-order chi connectivity index (χ1) is 10.3. The lowest BCUT2D eigenvalue weighted by Gasteiger charge is -2.08. The summed E-state index contributed by atoms with van der Waals surface area (Å²) in [5, 5.41) is 6.33. The lowest BCUT2D eigenvalue weighted by Crippen LogP contribution is -2.12. The van der Waals surface area contributed by atoms with Crippen molar-refractivity contribution in [1.82, 2.24) is 5.32 Å². The normalized spacial score (nSPS) is 15.6. The van der Waals surface area contributed by atoms with Gasteiger partial charge in [0.2, 0.25) is 0 Å². The zero-order valence-electron chi connectivity index (χ0n) is 11.9. The molecule has 4 rings (SSSR count). The highest BCUT2D eigenvalue weighted by molar-refractivity contribution is 6.04. The van der Waals surface area contributed by atoms with Gasteiger partial charge in [-0.15, -0.1) is 0 Å². The van der Waals surface area contributed by atoms with Gasteiger partial charge in [0.25, 0.3) is 5.91 Å². The molecule has 21 heavy (non-hydrogen) atoms. The third-order valence-electron chi connectivity index (χ3n) is 4.46. The Hall–Kier alpha value is -2.13. The Morgan fingerprint density at radius 1 is 0.905 bits per heavy atom. The highest BCUT2D eigenvalue weighted by Gasteiger charge is 2.15. The molecule has 0 radical (unpaired) electrons. The van der Waals surface area contributed by atoms with E-state index in [1.165, 1.54) is 28.7 Å². The second-order valence-electron chi connectivity index (χ2n) is 5.88. The number of hydrogen-bond donors (Lipinski definition) is 2. The van der Waals surface area contributed by atoms with Crippen molar-refractivity contribution in [2.24, 2.45) is 0 Å². The number of fused-ring (bicyclic) bond motifs is 2. The first-order valence-corrected chi connectivity index (χ1v) is 7.55. The highest BCUT2D eigenvalue weighted by atomic mass is 16.1. The van der Waals surface area contributed by atoms with Crippen LogP contribution in [0.2, 0.25) is 0 Å². The van der Waals surface area contributed by atoms with E-state index in [1.54, 1.807) is 0 Å². The summed E-state index contributed by atoms with van der Waals surface area (Å²) in [5.41, 5.74) is 6.97. The zero-order valence-corrected chi connectivity index (χ0v) is 11.9. The van der Waals surface area contributed by atoms with Gasteiger partial charge < -0.3 is 10.6 Å². The van der Waals surface area contributed by atoms with Crippen LogP contribution >= 0.6 is 0 Å². The first-order valence-electron chi connectivity index (χ1n) is 7.55. The molecular formula is C18H18N2O. The Morgan fingerprint density at radius 2 is 1.71 bits per heavy atom. The summed E-state index contributed by atoms with van der Waals surface area (Å²) in [6.07, 6.45) is 3.45. The standard InChI is InChI=1S/C18H18N2O/c21-18(14-5-4-12-2-1-3-13(12)8-14)20-17-7-6-15-10-19-11-16(15)9-17/h4-9,19H,1-3,10-11H2,(H,20,21). The van der Waals surface area contributed by atoms with E-state index in [-0.39, 0.29) is 5.91 Å². The summed E-state index contributed by atoms with van der Waals surface area (Å²) in [5.74, 6) is -0.0180. The molecule has 3 heteroatoms. The Kier molecular flexibility index (Phi) is 3.00. The van der Waals surface area contributed by atoms with Gasteiger partial charge in [-0.1, -0.05) is 12.1 Å². The maximum Gasteiger partial charge on any atom is 0.255 e. The fourth-order valence-corrected chi connectivity index (χ4v) is 3.29. The van der Waals surface area contributed by atoms with Crippen LogP contribution in [0.25, 0.3) is 0 Å². The second kappa shape index (κ2) is 5.01. The van der Waals surface area contributed by atoms with Crippen LogP contribution in [0.5, 0.6) is 0 Å². The topological polar surface area (TPSA) is 41.1 Å². The molecule has 0 atom stereocenters. The molecule has 0 saturated carbocycles. The van der Waals surface area contributed by atoms with Crippen LogP contribution in [0, 0.1) is 0 Å². The summed E-state index contributed by atoms with van der Waals surface area (Å²) >= 11 is 0. The zero-order chi connectivity index (χ0) is 14.2. The molecule has 1 aliphatic heterocycles. The van der Waals surface area contributed by atoms with Gasteiger partial charge >= 0.3 is 0 Å². The van der Waals surface area contributed by atoms with E-state index in [9.17, 15) is 4.79 Å². The van der Waals surface area contributed by atoms with Gasteiger partial charge in [-0.05, 0) is 65.8 Å². The van der Waals surface area contributed by atoms with Crippen LogP contribution < -0.4 is 10.6 Å². The number of hydrogen-bond acceptors (Lipinski definition) is 2. The summed E-state index contributed by atoms with van der Waals surface area (Å²) in [6, 6.07) is 12.2. The van der Waals surface area contributed by atoms with E-state index < -0.39 is 0 Å². The Morgan fingerprint density at radius 3 is 2.67 bits per heavy atom. The van der Waals surface area contributed by atoms with Gasteiger partial charge in [0.05, 0.1) is 0 Å². The largest absolute Gasteiger partial charge is 0.322 e. The lowest BCUT2D eigenvalue weighted by atomic mass is 10.1. The highest BCUT2D eigenvalue weighted by Crippen LogP contribution is 2.24. The molecule has 2 aromatic rings. The van der Waals surface area contributed by atoms with Gasteiger partial charge in [-0.2, -0.15) is 0 Å². The van der Waals surface area contributed by atoms with Gasteiger partial charge in [0.15, 0.2) is 0 Å². The summed E-state index contributed by atoms with van der Waals surface area (Å²) in [4.78, 5) is 12.4. The van der Waals surface area contributed by atoms with Crippen LogP contribution in [0.1, 0.15) is 39.0 Å². The maximum absolute atomic E-state index is 12.4. The lowest BCUT2D eigenvalue weighted by molar-refractivity contribution is 0.102. The van der Waals surface area contributed by atoms with Gasteiger partial charge in [-0.25, -0.2) is 0 Å². The summed E-state index contributed by atoms with van der Waals surface area (Å²) in [7, 11) is 0.